The van der Waals surface area contributed by atoms with Crippen molar-refractivity contribution in [3.8, 4) is 11.5 Å². The van der Waals surface area contributed by atoms with Gasteiger partial charge in [0.05, 0.1) is 19.2 Å². The van der Waals surface area contributed by atoms with Gasteiger partial charge >= 0.3 is 0 Å². The molecule has 0 saturated carbocycles. The summed E-state index contributed by atoms with van der Waals surface area (Å²) in [6, 6.07) is 15.4. The van der Waals surface area contributed by atoms with Crippen molar-refractivity contribution in [1.29, 1.82) is 0 Å². The van der Waals surface area contributed by atoms with Crippen LogP contribution in [0.3, 0.4) is 0 Å². The van der Waals surface area contributed by atoms with Gasteiger partial charge in [-0.2, -0.15) is 0 Å². The maximum atomic E-state index is 12.1. The molecule has 0 aliphatic rings. The molecular weight excluding hydrogens is 422 g/mol. The van der Waals surface area contributed by atoms with Crippen LogP contribution in [0.5, 0.6) is 11.5 Å². The van der Waals surface area contributed by atoms with Gasteiger partial charge in [0, 0.05) is 30.8 Å². The van der Waals surface area contributed by atoms with Crippen LogP contribution in [-0.4, -0.2) is 35.3 Å². The van der Waals surface area contributed by atoms with E-state index >= 15 is 0 Å². The number of nitrogens with one attached hydrogen (secondary N) is 2. The largest absolute Gasteiger partial charge is 0.497 e. The van der Waals surface area contributed by atoms with Crippen LogP contribution in [0.4, 0.5) is 5.69 Å². The number of fused-ring (bicyclic) bond motifs is 1. The lowest BCUT2D eigenvalue weighted by molar-refractivity contribution is -0.129. The summed E-state index contributed by atoms with van der Waals surface area (Å²) in [5, 5.41) is 12.5. The number of anilines is 1. The third-order valence-electron chi connectivity index (χ3n) is 5.40. The van der Waals surface area contributed by atoms with Gasteiger partial charge in [-0.1, -0.05) is 12.8 Å². The van der Waals surface area contributed by atoms with E-state index < -0.39 is 0 Å². The summed E-state index contributed by atoms with van der Waals surface area (Å²) in [6.07, 6.45) is 5.94. The number of carbonyl (C=O) groups is 2. The summed E-state index contributed by atoms with van der Waals surface area (Å²) in [4.78, 5) is 23.0. The fourth-order valence-corrected chi connectivity index (χ4v) is 3.59. The van der Waals surface area contributed by atoms with Crippen LogP contribution in [-0.2, 0) is 16.1 Å². The first-order valence-corrected chi connectivity index (χ1v) is 11.2. The molecule has 3 N–H and O–H groups in total. The van der Waals surface area contributed by atoms with Gasteiger partial charge in [-0.25, -0.2) is 5.48 Å². The maximum Gasteiger partial charge on any atom is 0.243 e. The first kappa shape index (κ1) is 24.1. The van der Waals surface area contributed by atoms with Crippen molar-refractivity contribution in [2.75, 3.05) is 19.0 Å². The zero-order valence-corrected chi connectivity index (χ0v) is 18.9. The number of benzene rings is 2. The number of hydrogen-bond acceptors (Lipinski definition) is 5. The number of amides is 2. The molecule has 3 aromatic rings. The van der Waals surface area contributed by atoms with Crippen molar-refractivity contribution in [2.24, 2.45) is 0 Å². The lowest BCUT2D eigenvalue weighted by atomic mass is 10.1. The summed E-state index contributed by atoms with van der Waals surface area (Å²) in [5.74, 6) is 1.16. The molecule has 0 aliphatic carbocycles. The third kappa shape index (κ3) is 7.54. The molecule has 0 radical (unpaired) electrons. The summed E-state index contributed by atoms with van der Waals surface area (Å²) >= 11 is 0. The number of nitrogens with zero attached hydrogens (tertiary/aromatic N) is 1. The predicted octanol–water partition coefficient (Wildman–Crippen LogP) is 4.51. The molecule has 0 bridgehead atoms. The minimum atomic E-state index is -0.376. The number of methoxy groups -OCH3 is 1. The average Bonchev–Trinajstić information content (AvgIpc) is 3.24. The number of carbonyl (C=O) groups excluding carboxylic acids is 2. The standard InChI is InChI=1S/C25H31N3O5/c1-32-22-11-8-19-14-15-28(23(19)18-22)16-17-33-21-12-9-20(10-13-21)26-24(29)6-4-2-3-5-7-25(30)27-31/h8-15,18,31H,2-7,16-17H2,1H3,(H,26,29)(H,27,30). The van der Waals surface area contributed by atoms with E-state index in [2.05, 4.69) is 16.0 Å². The van der Waals surface area contributed by atoms with Crippen molar-refractivity contribution in [2.45, 2.75) is 45.1 Å². The van der Waals surface area contributed by atoms with Gasteiger partial charge in [-0.05, 0) is 60.7 Å². The van der Waals surface area contributed by atoms with Gasteiger partial charge in [0.15, 0.2) is 0 Å². The molecule has 1 aromatic heterocycles. The van der Waals surface area contributed by atoms with Gasteiger partial charge in [0.1, 0.15) is 18.1 Å². The topological polar surface area (TPSA) is 102 Å². The van der Waals surface area contributed by atoms with E-state index in [1.807, 2.05) is 48.7 Å². The van der Waals surface area contributed by atoms with Crippen LogP contribution < -0.4 is 20.3 Å². The number of ether oxygens (including phenoxy) is 2. The molecule has 3 rings (SSSR count). The molecule has 0 atom stereocenters. The van der Waals surface area contributed by atoms with Crippen molar-refractivity contribution in [3.05, 3.63) is 54.7 Å². The number of aromatic nitrogens is 1. The van der Waals surface area contributed by atoms with Crippen LogP contribution >= 0.6 is 0 Å². The van der Waals surface area contributed by atoms with Crippen LogP contribution in [0.1, 0.15) is 38.5 Å². The lowest BCUT2D eigenvalue weighted by Crippen LogP contribution is -2.17. The van der Waals surface area contributed by atoms with Crippen molar-refractivity contribution in [1.82, 2.24) is 10.0 Å². The quantitative estimate of drug-likeness (QED) is 0.201. The maximum absolute atomic E-state index is 12.1. The first-order chi connectivity index (χ1) is 16.1. The van der Waals surface area contributed by atoms with E-state index in [0.29, 0.717) is 32.4 Å². The van der Waals surface area contributed by atoms with Crippen molar-refractivity contribution in [3.63, 3.8) is 0 Å². The minimum absolute atomic E-state index is 0.0355. The van der Waals surface area contributed by atoms with Crippen molar-refractivity contribution < 1.29 is 24.3 Å². The van der Waals surface area contributed by atoms with E-state index in [-0.39, 0.29) is 11.8 Å². The highest BCUT2D eigenvalue weighted by Gasteiger charge is 2.05. The second-order valence-electron chi connectivity index (χ2n) is 7.80. The Labute approximate surface area is 193 Å². The van der Waals surface area contributed by atoms with Gasteiger partial charge in [0.2, 0.25) is 11.8 Å². The van der Waals surface area contributed by atoms with Crippen LogP contribution in [0.25, 0.3) is 10.9 Å². The van der Waals surface area contributed by atoms with E-state index in [0.717, 1.165) is 47.4 Å². The Hall–Kier alpha value is -3.52. The monoisotopic (exact) mass is 453 g/mol. The normalized spacial score (nSPS) is 10.7. The molecular formula is C25H31N3O5. The second kappa shape index (κ2) is 12.5. The minimum Gasteiger partial charge on any atom is -0.497 e. The predicted molar refractivity (Wildman–Crippen MR) is 127 cm³/mol. The van der Waals surface area contributed by atoms with Crippen molar-refractivity contribution >= 4 is 28.4 Å². The molecule has 1 heterocycles. The molecule has 2 amide bonds. The summed E-state index contributed by atoms with van der Waals surface area (Å²) in [7, 11) is 1.66. The van der Waals surface area contributed by atoms with E-state index in [9.17, 15) is 9.59 Å². The van der Waals surface area contributed by atoms with E-state index in [1.54, 1.807) is 12.6 Å². The number of hydrogen-bond donors (Lipinski definition) is 3. The second-order valence-corrected chi connectivity index (χ2v) is 7.80. The Kier molecular flexibility index (Phi) is 9.14. The Morgan fingerprint density at radius 1 is 0.909 bits per heavy atom. The Morgan fingerprint density at radius 3 is 2.30 bits per heavy atom. The molecule has 8 nitrogen and oxygen atoms in total. The highest BCUT2D eigenvalue weighted by atomic mass is 16.5. The Balaban J connectivity index is 1.36. The molecule has 0 aliphatic heterocycles. The molecule has 8 heteroatoms. The number of hydroxylamine groups is 1. The average molecular weight is 454 g/mol. The number of rotatable bonds is 13. The van der Waals surface area contributed by atoms with Gasteiger partial charge < -0.3 is 19.4 Å². The number of unbranched alkanes of at least 4 members (excludes halogenated alkanes) is 3. The molecule has 0 spiro atoms. The Morgan fingerprint density at radius 2 is 1.61 bits per heavy atom. The fraction of sp³-hybridized carbons (Fsp3) is 0.360. The highest BCUT2D eigenvalue weighted by molar-refractivity contribution is 5.90. The van der Waals surface area contributed by atoms with Crippen LogP contribution in [0.15, 0.2) is 54.7 Å². The van der Waals surface area contributed by atoms with Crippen LogP contribution in [0.2, 0.25) is 0 Å². The zero-order chi connectivity index (χ0) is 23.5. The molecule has 2 aromatic carbocycles. The van der Waals surface area contributed by atoms with Gasteiger partial charge in [-0.15, -0.1) is 0 Å². The highest BCUT2D eigenvalue weighted by Crippen LogP contribution is 2.22. The first-order valence-electron chi connectivity index (χ1n) is 11.2. The molecule has 33 heavy (non-hydrogen) atoms. The summed E-state index contributed by atoms with van der Waals surface area (Å²) < 4.78 is 13.3. The van der Waals surface area contributed by atoms with Crippen LogP contribution in [0, 0.1) is 0 Å². The molecule has 0 fully saturated rings. The smallest absolute Gasteiger partial charge is 0.243 e. The lowest BCUT2D eigenvalue weighted by Gasteiger charge is -2.10. The SMILES string of the molecule is COc1ccc2ccn(CCOc3ccc(NC(=O)CCCCCCC(=O)NO)cc3)c2c1. The van der Waals surface area contributed by atoms with Gasteiger partial charge in [-0.3, -0.25) is 14.8 Å². The molecule has 0 unspecified atom stereocenters. The van der Waals surface area contributed by atoms with E-state index in [1.165, 1.54) is 0 Å². The molecule has 176 valence electrons. The fourth-order valence-electron chi connectivity index (χ4n) is 3.59. The third-order valence-corrected chi connectivity index (χ3v) is 5.40. The van der Waals surface area contributed by atoms with E-state index in [4.69, 9.17) is 14.7 Å². The summed E-state index contributed by atoms with van der Waals surface area (Å²) in [5.41, 5.74) is 3.45. The van der Waals surface area contributed by atoms with Gasteiger partial charge in [0.25, 0.3) is 0 Å². The summed E-state index contributed by atoms with van der Waals surface area (Å²) in [6.45, 7) is 1.23. The zero-order valence-electron chi connectivity index (χ0n) is 18.9. The Bertz CT molecular complexity index is 1050. The molecule has 0 saturated heterocycles.